The first-order chi connectivity index (χ1) is 16.3. The molecule has 7 nitrogen and oxygen atoms in total. The summed E-state index contributed by atoms with van der Waals surface area (Å²) in [5, 5.41) is -0.0296. The summed E-state index contributed by atoms with van der Waals surface area (Å²) in [4.78, 5) is 15.2. The predicted octanol–water partition coefficient (Wildman–Crippen LogP) is 5.19. The predicted molar refractivity (Wildman–Crippen MR) is 118 cm³/mol. The number of hydrogen-bond acceptors (Lipinski definition) is 7. The Balaban J connectivity index is 1.82. The van der Waals surface area contributed by atoms with Gasteiger partial charge in [0.2, 0.25) is 11.2 Å². The monoisotopic (exact) mass is 479 g/mol. The fourth-order valence-electron chi connectivity index (χ4n) is 3.77. The Labute approximate surface area is 193 Å². The molecule has 1 aliphatic heterocycles. The van der Waals surface area contributed by atoms with Crippen molar-refractivity contribution in [2.75, 3.05) is 33.6 Å². The Bertz CT molecular complexity index is 1220. The van der Waals surface area contributed by atoms with E-state index in [-0.39, 0.29) is 42.4 Å². The van der Waals surface area contributed by atoms with Crippen LogP contribution in [0.25, 0.3) is 11.0 Å². The fraction of sp³-hybridized carbons (Fsp3) is 0.375. The van der Waals surface area contributed by atoms with Gasteiger partial charge in [0.1, 0.15) is 18.1 Å². The third-order valence-corrected chi connectivity index (χ3v) is 5.30. The maximum atomic E-state index is 14.0. The Hall–Kier alpha value is -3.24. The van der Waals surface area contributed by atoms with Crippen LogP contribution >= 0.6 is 0 Å². The van der Waals surface area contributed by atoms with E-state index in [9.17, 15) is 18.0 Å². The van der Waals surface area contributed by atoms with Crippen LogP contribution in [0, 0.1) is 0 Å². The van der Waals surface area contributed by atoms with Crippen molar-refractivity contribution >= 4 is 11.0 Å². The van der Waals surface area contributed by atoms with E-state index in [2.05, 4.69) is 0 Å². The van der Waals surface area contributed by atoms with Crippen molar-refractivity contribution in [3.8, 4) is 23.0 Å². The normalized spacial score (nSPS) is 14.0. The van der Waals surface area contributed by atoms with Crippen molar-refractivity contribution in [3.63, 3.8) is 0 Å². The highest BCUT2D eigenvalue weighted by Crippen LogP contribution is 2.42. The molecule has 1 aliphatic rings. The summed E-state index contributed by atoms with van der Waals surface area (Å²) in [6.07, 6.45) is -4.26. The summed E-state index contributed by atoms with van der Waals surface area (Å²) >= 11 is 0. The molecule has 0 spiro atoms. The molecule has 0 aliphatic carbocycles. The molecule has 2 aromatic carbocycles. The van der Waals surface area contributed by atoms with Gasteiger partial charge in [-0.15, -0.1) is 0 Å². The molecule has 0 radical (unpaired) electrons. The fourth-order valence-corrected chi connectivity index (χ4v) is 3.77. The third kappa shape index (κ3) is 4.83. The Morgan fingerprint density at radius 3 is 2.59 bits per heavy atom. The van der Waals surface area contributed by atoms with Crippen LogP contribution in [0.4, 0.5) is 13.2 Å². The van der Waals surface area contributed by atoms with E-state index in [0.29, 0.717) is 24.5 Å². The molecule has 0 saturated carbocycles. The van der Waals surface area contributed by atoms with Gasteiger partial charge in [-0.2, -0.15) is 13.2 Å². The van der Waals surface area contributed by atoms with Gasteiger partial charge >= 0.3 is 6.18 Å². The third-order valence-electron chi connectivity index (χ3n) is 5.30. The number of para-hydroxylation sites is 2. The number of benzene rings is 2. The molecule has 0 atom stereocenters. The van der Waals surface area contributed by atoms with Gasteiger partial charge in [0, 0.05) is 26.8 Å². The molecule has 10 heteroatoms. The molecule has 0 bridgehead atoms. The molecule has 0 saturated heterocycles. The van der Waals surface area contributed by atoms with Gasteiger partial charge in [-0.05, 0) is 37.6 Å². The van der Waals surface area contributed by atoms with E-state index in [1.807, 2.05) is 4.90 Å². The Morgan fingerprint density at radius 1 is 1.12 bits per heavy atom. The van der Waals surface area contributed by atoms with E-state index in [0.717, 1.165) is 6.42 Å². The van der Waals surface area contributed by atoms with E-state index in [4.69, 9.17) is 23.4 Å². The standard InChI is InChI=1S/C24H24F3NO6/c1-3-31-18-7-4-5-8-19(18)33-22-20(29)15-9-10-17-16(21(15)34-23(22)24(25,26)27)13-28(14-32-17)11-6-12-30-2/h4-5,7-10H,3,6,11-14H2,1-2H3. The number of nitrogens with zero attached hydrogens (tertiary/aromatic N) is 1. The van der Waals surface area contributed by atoms with Gasteiger partial charge in [-0.25, -0.2) is 0 Å². The lowest BCUT2D eigenvalue weighted by Crippen LogP contribution is -2.33. The molecule has 0 amide bonds. The summed E-state index contributed by atoms with van der Waals surface area (Å²) in [6, 6.07) is 9.14. The molecular weight excluding hydrogens is 455 g/mol. The van der Waals surface area contributed by atoms with Crippen molar-refractivity contribution in [2.45, 2.75) is 26.1 Å². The van der Waals surface area contributed by atoms with Crippen molar-refractivity contribution in [3.05, 3.63) is 57.9 Å². The molecule has 0 fully saturated rings. The lowest BCUT2D eigenvalue weighted by molar-refractivity contribution is -0.154. The highest BCUT2D eigenvalue weighted by molar-refractivity contribution is 5.84. The average molecular weight is 479 g/mol. The molecule has 0 unspecified atom stereocenters. The zero-order valence-corrected chi connectivity index (χ0v) is 18.7. The van der Waals surface area contributed by atoms with Crippen LogP contribution in [0.2, 0.25) is 0 Å². The van der Waals surface area contributed by atoms with Gasteiger partial charge in [-0.1, -0.05) is 12.1 Å². The second kappa shape index (κ2) is 9.94. The van der Waals surface area contributed by atoms with Gasteiger partial charge < -0.3 is 23.4 Å². The maximum absolute atomic E-state index is 14.0. The molecular formula is C24H24F3NO6. The molecule has 3 aromatic rings. The van der Waals surface area contributed by atoms with Crippen molar-refractivity contribution in [1.82, 2.24) is 4.90 Å². The minimum atomic E-state index is -4.97. The molecule has 2 heterocycles. The van der Waals surface area contributed by atoms with Crippen molar-refractivity contribution < 1.29 is 36.5 Å². The van der Waals surface area contributed by atoms with Crippen molar-refractivity contribution in [1.29, 1.82) is 0 Å². The van der Waals surface area contributed by atoms with Gasteiger partial charge in [0.15, 0.2) is 11.5 Å². The summed E-state index contributed by atoms with van der Waals surface area (Å²) in [5.74, 6) is -1.89. The number of fused-ring (bicyclic) bond motifs is 3. The number of rotatable bonds is 8. The minimum absolute atomic E-state index is 0.0212. The van der Waals surface area contributed by atoms with E-state index in [1.165, 1.54) is 12.1 Å². The lowest BCUT2D eigenvalue weighted by Gasteiger charge is -2.29. The second-order valence-electron chi connectivity index (χ2n) is 7.66. The second-order valence-corrected chi connectivity index (χ2v) is 7.66. The maximum Gasteiger partial charge on any atom is 0.453 e. The van der Waals surface area contributed by atoms with Crippen LogP contribution in [-0.2, 0) is 17.5 Å². The Kier molecular flexibility index (Phi) is 6.99. The first kappa shape index (κ1) is 23.9. The van der Waals surface area contributed by atoms with Gasteiger partial charge in [0.25, 0.3) is 5.76 Å². The zero-order valence-electron chi connectivity index (χ0n) is 18.7. The quantitative estimate of drug-likeness (QED) is 0.412. The molecule has 1 aromatic heterocycles. The van der Waals surface area contributed by atoms with Crippen molar-refractivity contribution in [2.24, 2.45) is 0 Å². The van der Waals surface area contributed by atoms with E-state index >= 15 is 0 Å². The number of alkyl halides is 3. The first-order valence-corrected chi connectivity index (χ1v) is 10.8. The van der Waals surface area contributed by atoms with Crippen LogP contribution in [0.5, 0.6) is 23.0 Å². The summed E-state index contributed by atoms with van der Waals surface area (Å²) < 4.78 is 69.1. The molecule has 0 N–H and O–H groups in total. The van der Waals surface area contributed by atoms with Crippen LogP contribution in [0.15, 0.2) is 45.6 Å². The number of methoxy groups -OCH3 is 1. The zero-order chi connectivity index (χ0) is 24.3. The van der Waals surface area contributed by atoms with Crippen LogP contribution in [0.1, 0.15) is 24.7 Å². The SMILES string of the molecule is CCOc1ccccc1Oc1c(C(F)(F)F)oc2c3c(ccc2c1=O)OCN(CCCOC)C3. The summed E-state index contributed by atoms with van der Waals surface area (Å²) in [7, 11) is 1.59. The highest BCUT2D eigenvalue weighted by atomic mass is 19.4. The highest BCUT2D eigenvalue weighted by Gasteiger charge is 2.41. The lowest BCUT2D eigenvalue weighted by atomic mass is 10.1. The van der Waals surface area contributed by atoms with Gasteiger partial charge in [0.05, 0.1) is 17.6 Å². The van der Waals surface area contributed by atoms with Gasteiger partial charge in [-0.3, -0.25) is 9.69 Å². The molecule has 4 rings (SSSR count). The minimum Gasteiger partial charge on any atom is -0.490 e. The summed E-state index contributed by atoms with van der Waals surface area (Å²) in [5.41, 5.74) is -0.721. The number of ether oxygens (including phenoxy) is 4. The topological polar surface area (TPSA) is 70.4 Å². The smallest absolute Gasteiger partial charge is 0.453 e. The number of hydrogen-bond donors (Lipinski definition) is 0. The largest absolute Gasteiger partial charge is 0.490 e. The molecule has 34 heavy (non-hydrogen) atoms. The van der Waals surface area contributed by atoms with E-state index < -0.39 is 23.1 Å². The van der Waals surface area contributed by atoms with Crippen LogP contribution in [-0.4, -0.2) is 38.5 Å². The number of halogens is 3. The molecule has 182 valence electrons. The summed E-state index contributed by atoms with van der Waals surface area (Å²) in [6.45, 7) is 3.68. The first-order valence-electron chi connectivity index (χ1n) is 10.8. The Morgan fingerprint density at radius 2 is 1.88 bits per heavy atom. The van der Waals surface area contributed by atoms with Crippen LogP contribution in [0.3, 0.4) is 0 Å². The average Bonchev–Trinajstić information content (AvgIpc) is 2.81. The van der Waals surface area contributed by atoms with Crippen LogP contribution < -0.4 is 19.6 Å². The van der Waals surface area contributed by atoms with E-state index in [1.54, 1.807) is 38.3 Å².